The molecule has 8 aromatic carbocycles. The van der Waals surface area contributed by atoms with Gasteiger partial charge in [-0.25, -0.2) is 4.98 Å². The minimum Gasteiger partial charge on any atom is -0.504 e. The summed E-state index contributed by atoms with van der Waals surface area (Å²) in [6.07, 6.45) is 0. The standard InChI is InChI=1S/C51H31N5O6/c57-43-42(44(58)46(60)47(61)45(43)59)50-52-49(53-51(54-50)56-38-22-9-6-16-33(38)41-29(17-11-23-39(41)56)27-12-2-1-3-13-27)34-19-10-18-32-35-26-28(24-25-40(35)62-48(32)34)55-36-20-7-4-14-30(36)31-15-5-8-21-37(31)55/h1-26,57-61H. The summed E-state index contributed by atoms with van der Waals surface area (Å²) in [7, 11) is 0. The van der Waals surface area contributed by atoms with Crippen LogP contribution in [-0.4, -0.2) is 49.6 Å². The van der Waals surface area contributed by atoms with Gasteiger partial charge in [0.25, 0.3) is 0 Å². The van der Waals surface area contributed by atoms with Crippen molar-refractivity contribution in [1.82, 2.24) is 24.1 Å². The highest BCUT2D eigenvalue weighted by Crippen LogP contribution is 2.54. The van der Waals surface area contributed by atoms with Gasteiger partial charge in [0.05, 0.1) is 27.6 Å². The zero-order valence-corrected chi connectivity index (χ0v) is 32.4. The summed E-state index contributed by atoms with van der Waals surface area (Å²) in [5.74, 6) is -5.16. The number of nitrogens with zero attached hydrogens (tertiary/aromatic N) is 5. The first-order chi connectivity index (χ1) is 30.4. The molecular formula is C51H31N5O6. The Hall–Kier alpha value is -8.83. The molecule has 0 spiro atoms. The second-order valence-electron chi connectivity index (χ2n) is 15.2. The van der Waals surface area contributed by atoms with Crippen LogP contribution in [0.15, 0.2) is 162 Å². The van der Waals surface area contributed by atoms with Crippen LogP contribution in [0.25, 0.3) is 111 Å². The van der Waals surface area contributed by atoms with E-state index < -0.39 is 34.3 Å². The molecule has 0 unspecified atom stereocenters. The highest BCUT2D eigenvalue weighted by atomic mass is 16.4. The van der Waals surface area contributed by atoms with Crippen molar-refractivity contribution < 1.29 is 29.9 Å². The van der Waals surface area contributed by atoms with Crippen molar-refractivity contribution in [3.05, 3.63) is 158 Å². The quantitative estimate of drug-likeness (QED) is 0.0841. The van der Waals surface area contributed by atoms with Gasteiger partial charge in [-0.05, 0) is 59.7 Å². The van der Waals surface area contributed by atoms with Crippen molar-refractivity contribution in [2.45, 2.75) is 0 Å². The summed E-state index contributed by atoms with van der Waals surface area (Å²) >= 11 is 0. The number of furan rings is 1. The number of aromatic nitrogens is 5. The fraction of sp³-hybridized carbons (Fsp3) is 0. The van der Waals surface area contributed by atoms with E-state index in [1.165, 1.54) is 0 Å². The van der Waals surface area contributed by atoms with E-state index in [4.69, 9.17) is 19.4 Å². The van der Waals surface area contributed by atoms with Gasteiger partial charge in [-0.1, -0.05) is 109 Å². The van der Waals surface area contributed by atoms with E-state index in [-0.39, 0.29) is 17.6 Å². The first-order valence-corrected chi connectivity index (χ1v) is 19.8. The summed E-state index contributed by atoms with van der Waals surface area (Å²) in [4.78, 5) is 14.7. The monoisotopic (exact) mass is 809 g/mol. The van der Waals surface area contributed by atoms with Gasteiger partial charge in [0.1, 0.15) is 16.7 Å². The van der Waals surface area contributed by atoms with Crippen molar-refractivity contribution in [2.24, 2.45) is 0 Å². The lowest BCUT2D eigenvalue weighted by atomic mass is 9.99. The van der Waals surface area contributed by atoms with E-state index in [2.05, 4.69) is 53.1 Å². The van der Waals surface area contributed by atoms with E-state index in [0.717, 1.165) is 71.2 Å². The van der Waals surface area contributed by atoms with Crippen LogP contribution in [-0.2, 0) is 0 Å². The molecule has 4 aromatic heterocycles. The third kappa shape index (κ3) is 4.96. The molecule has 296 valence electrons. The number of hydrogen-bond acceptors (Lipinski definition) is 9. The van der Waals surface area contributed by atoms with Crippen LogP contribution in [0, 0.1) is 0 Å². The van der Waals surface area contributed by atoms with Crippen LogP contribution in [0.1, 0.15) is 0 Å². The maximum absolute atomic E-state index is 11.2. The van der Waals surface area contributed by atoms with Crippen LogP contribution in [0.2, 0.25) is 0 Å². The number of hydrogen-bond donors (Lipinski definition) is 5. The number of para-hydroxylation sites is 4. The number of rotatable bonds is 5. The number of aromatic hydroxyl groups is 5. The van der Waals surface area contributed by atoms with E-state index in [1.54, 1.807) is 0 Å². The molecular weight excluding hydrogens is 779 g/mol. The van der Waals surface area contributed by atoms with Gasteiger partial charge in [-0.15, -0.1) is 0 Å². The Labute approximate surface area is 350 Å². The highest BCUT2D eigenvalue weighted by Gasteiger charge is 2.29. The lowest BCUT2D eigenvalue weighted by Crippen LogP contribution is -2.06. The summed E-state index contributed by atoms with van der Waals surface area (Å²) in [6, 6.07) is 52.3. The molecule has 12 aromatic rings. The largest absolute Gasteiger partial charge is 0.504 e. The molecule has 12 rings (SSSR count). The number of fused-ring (bicyclic) bond motifs is 9. The molecule has 0 amide bonds. The molecule has 0 radical (unpaired) electrons. The van der Waals surface area contributed by atoms with Crippen molar-refractivity contribution in [2.75, 3.05) is 0 Å². The summed E-state index contributed by atoms with van der Waals surface area (Å²) in [5.41, 5.74) is 7.69. The Morgan fingerprint density at radius 1 is 0.403 bits per heavy atom. The maximum Gasteiger partial charge on any atom is 0.238 e. The second-order valence-corrected chi connectivity index (χ2v) is 15.2. The molecule has 5 N–H and O–H groups in total. The Kier molecular flexibility index (Phi) is 7.42. The number of phenols is 5. The summed E-state index contributed by atoms with van der Waals surface area (Å²) in [5, 5.41) is 59.9. The molecule has 4 heterocycles. The molecule has 11 heteroatoms. The Morgan fingerprint density at radius 2 is 0.952 bits per heavy atom. The van der Waals surface area contributed by atoms with Crippen molar-refractivity contribution in [3.8, 4) is 74.3 Å². The molecule has 0 aliphatic heterocycles. The first-order valence-electron chi connectivity index (χ1n) is 19.8. The molecule has 0 aliphatic carbocycles. The highest BCUT2D eigenvalue weighted by molar-refractivity contribution is 6.16. The zero-order chi connectivity index (χ0) is 41.8. The molecule has 62 heavy (non-hydrogen) atoms. The SMILES string of the molecule is Oc1c(O)c(O)c(-c2nc(-c3cccc4c3oc3ccc(-n5c6ccccc6c6ccccc65)cc34)nc(-n3c4ccccc4c4c(-c5ccccc5)cccc43)n2)c(O)c1O. The van der Waals surface area contributed by atoms with Crippen LogP contribution in [0.5, 0.6) is 28.7 Å². The fourth-order valence-corrected chi connectivity index (χ4v) is 8.99. The summed E-state index contributed by atoms with van der Waals surface area (Å²) < 4.78 is 10.8. The summed E-state index contributed by atoms with van der Waals surface area (Å²) in [6.45, 7) is 0. The lowest BCUT2D eigenvalue weighted by molar-refractivity contribution is 0.329. The molecule has 0 saturated carbocycles. The Balaban J connectivity index is 1.13. The normalized spacial score (nSPS) is 11.9. The maximum atomic E-state index is 11.2. The predicted molar refractivity (Wildman–Crippen MR) is 240 cm³/mol. The predicted octanol–water partition coefficient (Wildman–Crippen LogP) is 11.5. The van der Waals surface area contributed by atoms with Gasteiger partial charge in [0.15, 0.2) is 23.1 Å². The van der Waals surface area contributed by atoms with Gasteiger partial charge in [0.2, 0.25) is 23.2 Å². The van der Waals surface area contributed by atoms with Gasteiger partial charge in [-0.2, -0.15) is 9.97 Å². The Bertz CT molecular complexity index is 3750. The van der Waals surface area contributed by atoms with E-state index in [9.17, 15) is 25.5 Å². The van der Waals surface area contributed by atoms with Gasteiger partial charge in [0, 0.05) is 38.0 Å². The average Bonchev–Trinajstić information content (AvgIpc) is 3.98. The topological polar surface area (TPSA) is 163 Å². The molecule has 0 bridgehead atoms. The average molecular weight is 810 g/mol. The van der Waals surface area contributed by atoms with E-state index >= 15 is 0 Å². The lowest BCUT2D eigenvalue weighted by Gasteiger charge is -2.14. The van der Waals surface area contributed by atoms with E-state index in [0.29, 0.717) is 16.7 Å². The van der Waals surface area contributed by atoms with Crippen molar-refractivity contribution >= 4 is 65.6 Å². The van der Waals surface area contributed by atoms with Crippen LogP contribution < -0.4 is 0 Å². The third-order valence-corrected chi connectivity index (χ3v) is 11.8. The van der Waals surface area contributed by atoms with Gasteiger partial charge in [-0.3, -0.25) is 4.57 Å². The molecule has 0 aliphatic rings. The fourth-order valence-electron chi connectivity index (χ4n) is 8.99. The van der Waals surface area contributed by atoms with Crippen LogP contribution in [0.3, 0.4) is 0 Å². The number of phenolic OH excluding ortho intramolecular Hbond substituents is 5. The van der Waals surface area contributed by atoms with Crippen molar-refractivity contribution in [1.29, 1.82) is 0 Å². The van der Waals surface area contributed by atoms with E-state index in [1.807, 2.05) is 114 Å². The minimum absolute atomic E-state index is 0.105. The van der Waals surface area contributed by atoms with Gasteiger partial charge >= 0.3 is 0 Å². The molecule has 0 saturated heterocycles. The Morgan fingerprint density at radius 3 is 1.66 bits per heavy atom. The molecule has 0 atom stereocenters. The van der Waals surface area contributed by atoms with Crippen LogP contribution >= 0.6 is 0 Å². The van der Waals surface area contributed by atoms with Gasteiger partial charge < -0.3 is 34.5 Å². The molecule has 11 nitrogen and oxygen atoms in total. The first kappa shape index (κ1) is 35.1. The third-order valence-electron chi connectivity index (χ3n) is 11.8. The second kappa shape index (κ2) is 13.1. The smallest absolute Gasteiger partial charge is 0.238 e. The minimum atomic E-state index is -1.10. The number of benzene rings is 8. The van der Waals surface area contributed by atoms with Crippen LogP contribution in [0.4, 0.5) is 0 Å². The zero-order valence-electron chi connectivity index (χ0n) is 32.4. The molecule has 0 fully saturated rings. The van der Waals surface area contributed by atoms with Crippen molar-refractivity contribution in [3.63, 3.8) is 0 Å².